The van der Waals surface area contributed by atoms with Crippen molar-refractivity contribution in [2.24, 2.45) is 0 Å². The van der Waals surface area contributed by atoms with Gasteiger partial charge >= 0.3 is 0 Å². The van der Waals surface area contributed by atoms with Gasteiger partial charge in [0.2, 0.25) is 0 Å². The van der Waals surface area contributed by atoms with Crippen LogP contribution in [0.3, 0.4) is 0 Å². The normalized spacial score (nSPS) is 23.7. The predicted molar refractivity (Wildman–Crippen MR) is 72.7 cm³/mol. The minimum absolute atomic E-state index is 0.494. The Balaban J connectivity index is 1.68. The fourth-order valence-corrected chi connectivity index (χ4v) is 3.66. The number of hydrogen-bond donors (Lipinski definition) is 0. The Morgan fingerprint density at radius 1 is 1.17 bits per heavy atom. The lowest BCUT2D eigenvalue weighted by Crippen LogP contribution is -2.52. The molecule has 0 aromatic carbocycles. The van der Waals surface area contributed by atoms with Gasteiger partial charge in [-0.2, -0.15) is 0 Å². The van der Waals surface area contributed by atoms with Gasteiger partial charge in [-0.3, -0.25) is 9.88 Å². The van der Waals surface area contributed by atoms with Gasteiger partial charge in [0.25, 0.3) is 0 Å². The van der Waals surface area contributed by atoms with Gasteiger partial charge in [-0.05, 0) is 38.8 Å². The lowest BCUT2D eigenvalue weighted by Gasteiger charge is -2.45. The summed E-state index contributed by atoms with van der Waals surface area (Å²) in [5.74, 6) is 1.04. The second-order valence-electron chi connectivity index (χ2n) is 5.46. The molecule has 2 fully saturated rings. The monoisotopic (exact) mass is 246 g/mol. The summed E-state index contributed by atoms with van der Waals surface area (Å²) in [6.07, 6.45) is 10.7. The molecule has 0 saturated carbocycles. The maximum Gasteiger partial charge on any atom is 0.147 e. The molecule has 1 aromatic rings. The molecule has 3 heterocycles. The maximum absolute atomic E-state index is 4.41. The summed E-state index contributed by atoms with van der Waals surface area (Å²) in [6, 6.07) is 0. The quantitative estimate of drug-likeness (QED) is 0.798. The van der Waals surface area contributed by atoms with Gasteiger partial charge < -0.3 is 4.90 Å². The average Bonchev–Trinajstić information content (AvgIpc) is 2.83. The van der Waals surface area contributed by atoms with E-state index in [1.165, 1.54) is 38.8 Å². The molecule has 18 heavy (non-hydrogen) atoms. The summed E-state index contributed by atoms with van der Waals surface area (Å²) in [7, 11) is 0. The maximum atomic E-state index is 4.41. The number of piperidine rings is 1. The lowest BCUT2D eigenvalue weighted by molar-refractivity contribution is 0.113. The predicted octanol–water partition coefficient (Wildman–Crippen LogP) is 1.93. The highest BCUT2D eigenvalue weighted by atomic mass is 15.3. The zero-order valence-corrected chi connectivity index (χ0v) is 11.2. The minimum Gasteiger partial charge on any atom is -0.355 e. The van der Waals surface area contributed by atoms with Gasteiger partial charge in [-0.25, -0.2) is 4.98 Å². The zero-order chi connectivity index (χ0) is 12.4. The molecule has 2 aliphatic rings. The van der Waals surface area contributed by atoms with Crippen molar-refractivity contribution in [3.05, 3.63) is 18.6 Å². The lowest BCUT2D eigenvalue weighted by atomic mass is 9.85. The van der Waals surface area contributed by atoms with E-state index in [2.05, 4.69) is 26.7 Å². The molecular formula is C14H22N4. The highest BCUT2D eigenvalue weighted by Gasteiger charge is 2.42. The fourth-order valence-electron chi connectivity index (χ4n) is 3.66. The first-order valence-corrected chi connectivity index (χ1v) is 7.10. The summed E-state index contributed by atoms with van der Waals surface area (Å²) in [5.41, 5.74) is 0.494. The van der Waals surface area contributed by atoms with E-state index in [1.807, 2.05) is 6.20 Å². The van der Waals surface area contributed by atoms with Crippen molar-refractivity contribution >= 4 is 5.82 Å². The van der Waals surface area contributed by atoms with Crippen LogP contribution in [0.5, 0.6) is 0 Å². The van der Waals surface area contributed by atoms with Crippen LogP contribution in [0, 0.1) is 0 Å². The molecule has 0 N–H and O–H groups in total. The summed E-state index contributed by atoms with van der Waals surface area (Å²) >= 11 is 0. The molecule has 0 amide bonds. The molecule has 98 valence electrons. The molecular weight excluding hydrogens is 224 g/mol. The van der Waals surface area contributed by atoms with Crippen molar-refractivity contribution in [1.82, 2.24) is 14.9 Å². The largest absolute Gasteiger partial charge is 0.355 e. The van der Waals surface area contributed by atoms with E-state index in [4.69, 9.17) is 0 Å². The Labute approximate surface area is 109 Å². The molecule has 0 aliphatic carbocycles. The molecule has 0 atom stereocenters. The summed E-state index contributed by atoms with van der Waals surface area (Å²) in [4.78, 5) is 13.6. The highest BCUT2D eigenvalue weighted by Crippen LogP contribution is 2.38. The fraction of sp³-hybridized carbons (Fsp3) is 0.714. The van der Waals surface area contributed by atoms with Gasteiger partial charge in [-0.1, -0.05) is 6.92 Å². The van der Waals surface area contributed by atoms with Crippen LogP contribution >= 0.6 is 0 Å². The van der Waals surface area contributed by atoms with Crippen LogP contribution in [0.1, 0.15) is 32.6 Å². The number of anilines is 1. The molecule has 1 aromatic heterocycles. The van der Waals surface area contributed by atoms with Crippen LogP contribution in [0.4, 0.5) is 5.82 Å². The van der Waals surface area contributed by atoms with Gasteiger partial charge in [-0.15, -0.1) is 0 Å². The third kappa shape index (κ3) is 1.99. The molecule has 2 aliphatic heterocycles. The Bertz CT molecular complexity index is 384. The Hall–Kier alpha value is -1.16. The smallest absolute Gasteiger partial charge is 0.147 e. The van der Waals surface area contributed by atoms with Crippen molar-refractivity contribution in [1.29, 1.82) is 0 Å². The van der Waals surface area contributed by atoms with Gasteiger partial charge in [0.05, 0.1) is 6.20 Å². The topological polar surface area (TPSA) is 32.3 Å². The minimum atomic E-state index is 0.494. The van der Waals surface area contributed by atoms with E-state index in [-0.39, 0.29) is 0 Å². The summed E-state index contributed by atoms with van der Waals surface area (Å²) < 4.78 is 0. The van der Waals surface area contributed by atoms with E-state index in [0.29, 0.717) is 5.54 Å². The first-order chi connectivity index (χ1) is 8.84. The third-order valence-electron chi connectivity index (χ3n) is 4.69. The Morgan fingerprint density at radius 2 is 2.00 bits per heavy atom. The first-order valence-electron chi connectivity index (χ1n) is 7.10. The Morgan fingerprint density at radius 3 is 2.67 bits per heavy atom. The van der Waals surface area contributed by atoms with E-state index >= 15 is 0 Å². The highest BCUT2D eigenvalue weighted by molar-refractivity contribution is 5.36. The zero-order valence-electron chi connectivity index (χ0n) is 11.2. The molecule has 4 nitrogen and oxygen atoms in total. The SMILES string of the molecule is CCN1CCCC12CCN(c1cnccn1)CC2. The number of nitrogens with zero attached hydrogens (tertiary/aromatic N) is 4. The standard InChI is InChI=1S/C14H22N4/c1-2-18-9-3-4-14(18)5-10-17(11-6-14)13-12-15-7-8-16-13/h7-8,12H,2-6,9-11H2,1H3. The van der Waals surface area contributed by atoms with Crippen molar-refractivity contribution in [2.45, 2.75) is 38.1 Å². The van der Waals surface area contributed by atoms with E-state index < -0.39 is 0 Å². The molecule has 0 unspecified atom stereocenters. The first kappa shape index (κ1) is 11.9. The van der Waals surface area contributed by atoms with Crippen molar-refractivity contribution in [2.75, 3.05) is 31.1 Å². The van der Waals surface area contributed by atoms with Crippen LogP contribution in [0.25, 0.3) is 0 Å². The van der Waals surface area contributed by atoms with Crippen LogP contribution in [0.15, 0.2) is 18.6 Å². The molecule has 3 rings (SSSR count). The van der Waals surface area contributed by atoms with Gasteiger partial charge in [0.1, 0.15) is 5.82 Å². The molecule has 4 heteroatoms. The van der Waals surface area contributed by atoms with Crippen molar-refractivity contribution in [3.63, 3.8) is 0 Å². The van der Waals surface area contributed by atoms with Gasteiger partial charge in [0, 0.05) is 31.0 Å². The second-order valence-corrected chi connectivity index (χ2v) is 5.46. The van der Waals surface area contributed by atoms with Crippen LogP contribution in [-0.2, 0) is 0 Å². The van der Waals surface area contributed by atoms with E-state index in [9.17, 15) is 0 Å². The molecule has 2 saturated heterocycles. The van der Waals surface area contributed by atoms with Crippen LogP contribution < -0.4 is 4.90 Å². The third-order valence-corrected chi connectivity index (χ3v) is 4.69. The number of aromatic nitrogens is 2. The van der Waals surface area contributed by atoms with E-state index in [1.54, 1.807) is 12.4 Å². The van der Waals surface area contributed by atoms with Crippen molar-refractivity contribution < 1.29 is 0 Å². The number of hydrogen-bond acceptors (Lipinski definition) is 4. The Kier molecular flexibility index (Phi) is 3.20. The second kappa shape index (κ2) is 4.84. The molecule has 1 spiro atoms. The van der Waals surface area contributed by atoms with E-state index in [0.717, 1.165) is 18.9 Å². The molecule has 0 radical (unpaired) electrons. The summed E-state index contributed by atoms with van der Waals surface area (Å²) in [6.45, 7) is 7.03. The van der Waals surface area contributed by atoms with Crippen LogP contribution in [-0.4, -0.2) is 46.6 Å². The summed E-state index contributed by atoms with van der Waals surface area (Å²) in [5, 5.41) is 0. The number of likely N-dealkylation sites (tertiary alicyclic amines) is 1. The van der Waals surface area contributed by atoms with Gasteiger partial charge in [0.15, 0.2) is 0 Å². The average molecular weight is 246 g/mol. The van der Waals surface area contributed by atoms with Crippen LogP contribution in [0.2, 0.25) is 0 Å². The number of rotatable bonds is 2. The molecule has 0 bridgehead atoms. The van der Waals surface area contributed by atoms with Crippen molar-refractivity contribution in [3.8, 4) is 0 Å².